The van der Waals surface area contributed by atoms with Crippen LogP contribution in [0.1, 0.15) is 12.5 Å². The van der Waals surface area contributed by atoms with Crippen molar-refractivity contribution in [3.05, 3.63) is 48.0 Å². The molecule has 0 unspecified atom stereocenters. The first-order valence-electron chi connectivity index (χ1n) is 7.10. The smallest absolute Gasteiger partial charge is 0.261 e. The Balaban J connectivity index is 1.84. The van der Waals surface area contributed by atoms with Gasteiger partial charge in [-0.2, -0.15) is 0 Å². The minimum atomic E-state index is -3.61. The van der Waals surface area contributed by atoms with Crippen molar-refractivity contribution in [3.63, 3.8) is 0 Å². The zero-order chi connectivity index (χ0) is 15.6. The molecule has 0 bridgehead atoms. The lowest BCUT2D eigenvalue weighted by Crippen LogP contribution is -2.16. The van der Waals surface area contributed by atoms with Crippen molar-refractivity contribution in [2.45, 2.75) is 18.2 Å². The van der Waals surface area contributed by atoms with Gasteiger partial charge in [-0.1, -0.05) is 19.1 Å². The minimum absolute atomic E-state index is 0.236. The predicted octanol–water partition coefficient (Wildman–Crippen LogP) is 2.82. The van der Waals surface area contributed by atoms with E-state index in [1.807, 2.05) is 19.1 Å². The van der Waals surface area contributed by atoms with Crippen molar-refractivity contribution < 1.29 is 17.9 Å². The third kappa shape index (κ3) is 3.01. The molecule has 1 aliphatic heterocycles. The number of hydrogen-bond donors (Lipinski definition) is 1. The van der Waals surface area contributed by atoms with Crippen LogP contribution in [0.15, 0.2) is 47.4 Å². The summed E-state index contributed by atoms with van der Waals surface area (Å²) >= 11 is 0. The van der Waals surface area contributed by atoms with E-state index in [1.165, 1.54) is 0 Å². The molecule has 22 heavy (non-hydrogen) atoms. The summed E-state index contributed by atoms with van der Waals surface area (Å²) in [5.41, 5.74) is 1.54. The van der Waals surface area contributed by atoms with Crippen LogP contribution in [0.4, 0.5) is 5.69 Å². The van der Waals surface area contributed by atoms with Gasteiger partial charge in [-0.3, -0.25) is 4.72 Å². The Kier molecular flexibility index (Phi) is 3.94. The van der Waals surface area contributed by atoms with E-state index in [9.17, 15) is 8.42 Å². The van der Waals surface area contributed by atoms with Crippen LogP contribution in [0, 0.1) is 0 Å². The number of nitrogens with one attached hydrogen (secondary N) is 1. The molecule has 0 radical (unpaired) electrons. The van der Waals surface area contributed by atoms with Crippen LogP contribution in [-0.4, -0.2) is 21.6 Å². The molecule has 0 aromatic heterocycles. The van der Waals surface area contributed by atoms with Crippen LogP contribution in [0.3, 0.4) is 0 Å². The van der Waals surface area contributed by atoms with Crippen molar-refractivity contribution in [3.8, 4) is 11.5 Å². The second kappa shape index (κ2) is 5.88. The van der Waals surface area contributed by atoms with Crippen molar-refractivity contribution in [2.24, 2.45) is 0 Å². The fourth-order valence-electron chi connectivity index (χ4n) is 2.23. The predicted molar refractivity (Wildman–Crippen MR) is 84.1 cm³/mol. The van der Waals surface area contributed by atoms with Crippen LogP contribution < -0.4 is 14.2 Å². The van der Waals surface area contributed by atoms with Crippen LogP contribution >= 0.6 is 0 Å². The molecule has 0 aliphatic carbocycles. The van der Waals surface area contributed by atoms with Gasteiger partial charge in [0, 0.05) is 6.07 Å². The maximum Gasteiger partial charge on any atom is 0.261 e. The second-order valence-electron chi connectivity index (χ2n) is 4.96. The molecule has 0 spiro atoms. The number of benzene rings is 2. The molecule has 2 aromatic rings. The van der Waals surface area contributed by atoms with Gasteiger partial charge >= 0.3 is 0 Å². The van der Waals surface area contributed by atoms with Gasteiger partial charge in [-0.15, -0.1) is 0 Å². The van der Waals surface area contributed by atoms with Gasteiger partial charge in [0.05, 0.1) is 10.6 Å². The summed E-state index contributed by atoms with van der Waals surface area (Å²) in [6, 6.07) is 11.8. The summed E-state index contributed by atoms with van der Waals surface area (Å²) in [6.45, 7) is 2.99. The van der Waals surface area contributed by atoms with E-state index in [-0.39, 0.29) is 4.90 Å². The molecule has 2 aromatic carbocycles. The highest BCUT2D eigenvalue weighted by molar-refractivity contribution is 7.92. The summed E-state index contributed by atoms with van der Waals surface area (Å²) in [5.74, 6) is 1.18. The number of fused-ring (bicyclic) bond motifs is 1. The average molecular weight is 319 g/mol. The van der Waals surface area contributed by atoms with Crippen molar-refractivity contribution >= 4 is 15.7 Å². The molecular weight excluding hydrogens is 302 g/mol. The first-order chi connectivity index (χ1) is 10.6. The highest BCUT2D eigenvalue weighted by atomic mass is 32.2. The molecule has 6 heteroatoms. The van der Waals surface area contributed by atoms with E-state index in [1.54, 1.807) is 30.3 Å². The number of aryl methyl sites for hydroxylation is 1. The number of sulfonamides is 1. The average Bonchev–Trinajstić information content (AvgIpc) is 2.54. The molecule has 0 atom stereocenters. The molecule has 1 aliphatic rings. The molecule has 1 N–H and O–H groups in total. The molecule has 5 nitrogen and oxygen atoms in total. The Morgan fingerprint density at radius 3 is 2.36 bits per heavy atom. The molecule has 0 saturated heterocycles. The van der Waals surface area contributed by atoms with E-state index < -0.39 is 10.0 Å². The van der Waals surface area contributed by atoms with Gasteiger partial charge in [0.15, 0.2) is 11.5 Å². The molecular formula is C16H17NO4S. The minimum Gasteiger partial charge on any atom is -0.486 e. The number of ether oxygens (including phenoxy) is 2. The quantitative estimate of drug-likeness (QED) is 0.941. The molecule has 1 heterocycles. The fraction of sp³-hybridized carbons (Fsp3) is 0.250. The summed E-state index contributed by atoms with van der Waals surface area (Å²) in [4.78, 5) is 0.236. The third-order valence-corrected chi connectivity index (χ3v) is 4.83. The van der Waals surface area contributed by atoms with E-state index in [0.717, 1.165) is 12.0 Å². The molecule has 0 amide bonds. The van der Waals surface area contributed by atoms with Crippen molar-refractivity contribution in [2.75, 3.05) is 17.9 Å². The largest absolute Gasteiger partial charge is 0.486 e. The zero-order valence-corrected chi connectivity index (χ0v) is 13.0. The standard InChI is InChI=1S/C16H17NO4S/c1-2-12-3-6-14(7-4-12)22(18,19)17-13-5-8-15-16(11-13)21-10-9-20-15/h3-8,11,17H,2,9-10H2,1H3. The lowest BCUT2D eigenvalue weighted by molar-refractivity contribution is 0.171. The van der Waals surface area contributed by atoms with Crippen LogP contribution in [0.5, 0.6) is 11.5 Å². The molecule has 116 valence electrons. The van der Waals surface area contributed by atoms with Crippen LogP contribution in [-0.2, 0) is 16.4 Å². The number of anilines is 1. The van der Waals surface area contributed by atoms with E-state index in [0.29, 0.717) is 30.4 Å². The Labute approximate surface area is 129 Å². The highest BCUT2D eigenvalue weighted by Gasteiger charge is 2.17. The van der Waals surface area contributed by atoms with E-state index >= 15 is 0 Å². The van der Waals surface area contributed by atoms with E-state index in [2.05, 4.69) is 4.72 Å². The van der Waals surface area contributed by atoms with Gasteiger partial charge in [0.25, 0.3) is 10.0 Å². The van der Waals surface area contributed by atoms with Crippen LogP contribution in [0.25, 0.3) is 0 Å². The Morgan fingerprint density at radius 2 is 1.68 bits per heavy atom. The summed E-state index contributed by atoms with van der Waals surface area (Å²) < 4.78 is 38.2. The summed E-state index contributed by atoms with van der Waals surface area (Å²) in [5, 5.41) is 0. The number of rotatable bonds is 4. The molecule has 0 fully saturated rings. The topological polar surface area (TPSA) is 64.6 Å². The first-order valence-corrected chi connectivity index (χ1v) is 8.58. The zero-order valence-electron chi connectivity index (χ0n) is 12.2. The lowest BCUT2D eigenvalue weighted by Gasteiger charge is -2.19. The lowest BCUT2D eigenvalue weighted by atomic mass is 10.2. The van der Waals surface area contributed by atoms with Crippen molar-refractivity contribution in [1.82, 2.24) is 0 Å². The number of hydrogen-bond acceptors (Lipinski definition) is 4. The Morgan fingerprint density at radius 1 is 1.00 bits per heavy atom. The Bertz CT molecular complexity index is 769. The van der Waals surface area contributed by atoms with Gasteiger partial charge in [0.1, 0.15) is 13.2 Å². The van der Waals surface area contributed by atoms with Gasteiger partial charge < -0.3 is 9.47 Å². The summed E-state index contributed by atoms with van der Waals surface area (Å²) in [7, 11) is -3.61. The third-order valence-electron chi connectivity index (χ3n) is 3.44. The maximum absolute atomic E-state index is 12.4. The van der Waals surface area contributed by atoms with E-state index in [4.69, 9.17) is 9.47 Å². The highest BCUT2D eigenvalue weighted by Crippen LogP contribution is 2.33. The monoisotopic (exact) mass is 319 g/mol. The van der Waals surface area contributed by atoms with Gasteiger partial charge in [-0.25, -0.2) is 8.42 Å². The van der Waals surface area contributed by atoms with Gasteiger partial charge in [0.2, 0.25) is 0 Å². The fourth-order valence-corrected chi connectivity index (χ4v) is 3.27. The molecule has 0 saturated carbocycles. The SMILES string of the molecule is CCc1ccc(S(=O)(=O)Nc2ccc3c(c2)OCCO3)cc1. The first kappa shape index (κ1) is 14.7. The Hall–Kier alpha value is -2.21. The molecule has 3 rings (SSSR count). The normalized spacial score (nSPS) is 13.7. The van der Waals surface area contributed by atoms with Crippen molar-refractivity contribution in [1.29, 1.82) is 0 Å². The summed E-state index contributed by atoms with van der Waals surface area (Å²) in [6.07, 6.45) is 0.871. The van der Waals surface area contributed by atoms with Gasteiger partial charge in [-0.05, 0) is 36.2 Å². The van der Waals surface area contributed by atoms with Crippen LogP contribution in [0.2, 0.25) is 0 Å². The second-order valence-corrected chi connectivity index (χ2v) is 6.64. The maximum atomic E-state index is 12.4.